The zero-order chi connectivity index (χ0) is 19.2. The Balaban J connectivity index is 1.58. The molecule has 1 aliphatic heterocycles. The number of carbonyl (C=O) groups excluding carboxylic acids is 2. The van der Waals surface area contributed by atoms with Gasteiger partial charge >= 0.3 is 0 Å². The van der Waals surface area contributed by atoms with E-state index in [2.05, 4.69) is 5.32 Å². The number of likely N-dealkylation sites (tertiary alicyclic amines) is 1. The normalized spacial score (nSPS) is 17.0. The summed E-state index contributed by atoms with van der Waals surface area (Å²) in [6, 6.07) is 5.71. The molecule has 2 amide bonds. The molecule has 1 aliphatic rings. The first-order valence-electron chi connectivity index (χ1n) is 9.32. The summed E-state index contributed by atoms with van der Waals surface area (Å²) in [7, 11) is 0. The second kappa shape index (κ2) is 9.08. The topological polar surface area (TPSA) is 62.3 Å². The van der Waals surface area contributed by atoms with E-state index in [-0.39, 0.29) is 23.5 Å². The van der Waals surface area contributed by atoms with Gasteiger partial charge < -0.3 is 10.2 Å². The predicted octanol–water partition coefficient (Wildman–Crippen LogP) is 3.37. The Kier molecular flexibility index (Phi) is 6.55. The van der Waals surface area contributed by atoms with Gasteiger partial charge in [-0.2, -0.15) is 0 Å². The first kappa shape index (κ1) is 19.5. The van der Waals surface area contributed by atoms with Crippen molar-refractivity contribution in [2.75, 3.05) is 19.6 Å². The van der Waals surface area contributed by atoms with Crippen LogP contribution in [0, 0.1) is 5.82 Å². The molecule has 1 N–H and O–H groups in total. The van der Waals surface area contributed by atoms with Crippen LogP contribution in [0.2, 0.25) is 0 Å². The lowest BCUT2D eigenvalue weighted by Gasteiger charge is -2.32. The number of piperidine rings is 1. The van der Waals surface area contributed by atoms with Gasteiger partial charge in [0.2, 0.25) is 5.91 Å². The molecule has 5 nitrogen and oxygen atoms in total. The summed E-state index contributed by atoms with van der Waals surface area (Å²) in [5.74, 6) is -0.118. The zero-order valence-electron chi connectivity index (χ0n) is 15.4. The first-order valence-corrected chi connectivity index (χ1v) is 10.2. The van der Waals surface area contributed by atoms with Crippen molar-refractivity contribution < 1.29 is 14.0 Å². The Morgan fingerprint density at radius 2 is 2.11 bits per heavy atom. The first-order chi connectivity index (χ1) is 13.1. The van der Waals surface area contributed by atoms with Crippen LogP contribution < -0.4 is 5.32 Å². The van der Waals surface area contributed by atoms with Crippen molar-refractivity contribution in [1.82, 2.24) is 15.2 Å². The average molecular weight is 389 g/mol. The molecule has 7 heteroatoms. The summed E-state index contributed by atoms with van der Waals surface area (Å²) in [5, 5.41) is 5.94. The van der Waals surface area contributed by atoms with Crippen molar-refractivity contribution in [2.45, 2.75) is 38.5 Å². The number of halogens is 1. The molecular formula is C20H24FN3O2S. The lowest BCUT2D eigenvalue weighted by Crippen LogP contribution is -2.39. The van der Waals surface area contributed by atoms with Gasteiger partial charge in [-0.05, 0) is 37.1 Å². The van der Waals surface area contributed by atoms with E-state index in [1.165, 1.54) is 24.3 Å². The van der Waals surface area contributed by atoms with E-state index in [0.29, 0.717) is 38.0 Å². The van der Waals surface area contributed by atoms with Crippen LogP contribution >= 0.6 is 11.3 Å². The maximum absolute atomic E-state index is 13.1. The fraction of sp³-hybridized carbons (Fsp3) is 0.450. The van der Waals surface area contributed by atoms with Crippen LogP contribution in [0.5, 0.6) is 0 Å². The Morgan fingerprint density at radius 3 is 2.85 bits per heavy atom. The minimum Gasteiger partial charge on any atom is -0.356 e. The molecule has 0 aliphatic carbocycles. The maximum atomic E-state index is 13.1. The number of hydrogen-bond acceptors (Lipinski definition) is 4. The lowest BCUT2D eigenvalue weighted by molar-refractivity contribution is -0.120. The Morgan fingerprint density at radius 1 is 1.33 bits per heavy atom. The van der Waals surface area contributed by atoms with Gasteiger partial charge in [0.1, 0.15) is 5.82 Å². The Bertz CT molecular complexity index is 791. The van der Waals surface area contributed by atoms with Gasteiger partial charge in [-0.25, -0.2) is 9.37 Å². The Hall–Kier alpha value is -2.28. The highest BCUT2D eigenvalue weighted by Crippen LogP contribution is 2.30. The number of aromatic nitrogens is 1. The predicted molar refractivity (Wildman–Crippen MR) is 103 cm³/mol. The molecule has 27 heavy (non-hydrogen) atoms. The summed E-state index contributed by atoms with van der Waals surface area (Å²) in [5.41, 5.74) is 1.50. The molecule has 1 fully saturated rings. The largest absolute Gasteiger partial charge is 0.356 e. The smallest absolute Gasteiger partial charge is 0.253 e. The van der Waals surface area contributed by atoms with Crippen molar-refractivity contribution in [3.63, 3.8) is 0 Å². The van der Waals surface area contributed by atoms with E-state index >= 15 is 0 Å². The number of carbonyl (C=O) groups is 2. The number of amides is 2. The molecule has 1 aromatic carbocycles. The maximum Gasteiger partial charge on any atom is 0.253 e. The molecule has 1 saturated heterocycles. The molecule has 3 rings (SSSR count). The van der Waals surface area contributed by atoms with E-state index in [1.54, 1.807) is 11.3 Å². The molecule has 1 unspecified atom stereocenters. The number of benzene rings is 1. The molecule has 2 heterocycles. The number of hydrogen-bond donors (Lipinski definition) is 1. The van der Waals surface area contributed by atoms with Gasteiger partial charge in [0.15, 0.2) is 0 Å². The van der Waals surface area contributed by atoms with Crippen LogP contribution in [0.4, 0.5) is 4.39 Å². The van der Waals surface area contributed by atoms with Gasteiger partial charge in [-0.1, -0.05) is 6.92 Å². The monoisotopic (exact) mass is 389 g/mol. The van der Waals surface area contributed by atoms with Crippen molar-refractivity contribution >= 4 is 23.2 Å². The molecule has 1 aromatic heterocycles. The Labute approximate surface area is 162 Å². The molecule has 0 saturated carbocycles. The second-order valence-corrected chi connectivity index (χ2v) is 7.62. The highest BCUT2D eigenvalue weighted by atomic mass is 32.1. The highest BCUT2D eigenvalue weighted by molar-refractivity contribution is 7.09. The van der Waals surface area contributed by atoms with E-state index in [9.17, 15) is 14.0 Å². The van der Waals surface area contributed by atoms with Gasteiger partial charge in [0.25, 0.3) is 5.91 Å². The van der Waals surface area contributed by atoms with Crippen LogP contribution in [0.1, 0.15) is 53.2 Å². The highest BCUT2D eigenvalue weighted by Gasteiger charge is 2.27. The number of rotatable bonds is 6. The lowest BCUT2D eigenvalue weighted by atomic mass is 9.98. The van der Waals surface area contributed by atoms with Gasteiger partial charge in [0.05, 0.1) is 10.7 Å². The van der Waals surface area contributed by atoms with E-state index < -0.39 is 0 Å². The standard InChI is InChI=1S/C20H24FN3O2S/c1-2-18(25)22-10-9-17-13-27-19(23-17)15-4-3-11-24(12-15)20(26)14-5-7-16(21)8-6-14/h5-8,13,15H,2-4,9-12H2,1H3,(H,22,25). The molecule has 144 valence electrons. The van der Waals surface area contributed by atoms with Crippen LogP contribution in [0.25, 0.3) is 0 Å². The van der Waals surface area contributed by atoms with E-state index in [0.717, 1.165) is 23.5 Å². The van der Waals surface area contributed by atoms with Crippen molar-refractivity contribution in [3.05, 3.63) is 51.7 Å². The third kappa shape index (κ3) is 5.13. The SMILES string of the molecule is CCC(=O)NCCc1csc(C2CCCN(C(=O)c3ccc(F)cc3)C2)n1. The minimum atomic E-state index is -0.339. The van der Waals surface area contributed by atoms with Crippen LogP contribution in [-0.4, -0.2) is 41.3 Å². The molecule has 0 radical (unpaired) electrons. The van der Waals surface area contributed by atoms with Gasteiger partial charge in [0, 0.05) is 49.3 Å². The number of nitrogens with one attached hydrogen (secondary N) is 1. The van der Waals surface area contributed by atoms with Gasteiger partial charge in [-0.15, -0.1) is 11.3 Å². The quantitative estimate of drug-likeness (QED) is 0.824. The molecule has 1 atom stereocenters. The van der Waals surface area contributed by atoms with Crippen molar-refractivity contribution in [2.24, 2.45) is 0 Å². The third-order valence-corrected chi connectivity index (χ3v) is 5.80. The van der Waals surface area contributed by atoms with Crippen LogP contribution in [0.3, 0.4) is 0 Å². The van der Waals surface area contributed by atoms with E-state index in [4.69, 9.17) is 4.98 Å². The molecule has 2 aromatic rings. The number of thiazole rings is 1. The number of nitrogens with zero attached hydrogens (tertiary/aromatic N) is 2. The summed E-state index contributed by atoms with van der Waals surface area (Å²) < 4.78 is 13.1. The minimum absolute atomic E-state index is 0.0488. The summed E-state index contributed by atoms with van der Waals surface area (Å²) >= 11 is 1.62. The summed E-state index contributed by atoms with van der Waals surface area (Å²) in [4.78, 5) is 30.5. The van der Waals surface area contributed by atoms with Crippen LogP contribution in [-0.2, 0) is 11.2 Å². The summed E-state index contributed by atoms with van der Waals surface area (Å²) in [6.45, 7) is 3.78. The van der Waals surface area contributed by atoms with Gasteiger partial charge in [-0.3, -0.25) is 9.59 Å². The summed E-state index contributed by atoms with van der Waals surface area (Å²) in [6.07, 6.45) is 3.14. The molecule has 0 spiro atoms. The van der Waals surface area contributed by atoms with Crippen molar-refractivity contribution in [3.8, 4) is 0 Å². The fourth-order valence-electron chi connectivity index (χ4n) is 3.22. The van der Waals surface area contributed by atoms with Crippen molar-refractivity contribution in [1.29, 1.82) is 0 Å². The zero-order valence-corrected chi connectivity index (χ0v) is 16.2. The second-order valence-electron chi connectivity index (χ2n) is 6.73. The fourth-order valence-corrected chi connectivity index (χ4v) is 4.20. The average Bonchev–Trinajstić information content (AvgIpc) is 3.17. The van der Waals surface area contributed by atoms with Crippen LogP contribution in [0.15, 0.2) is 29.6 Å². The molecule has 0 bridgehead atoms. The third-order valence-electron chi connectivity index (χ3n) is 4.74. The van der Waals surface area contributed by atoms with E-state index in [1.807, 2.05) is 17.2 Å². The molecular weight excluding hydrogens is 365 g/mol.